The van der Waals surface area contributed by atoms with Crippen molar-refractivity contribution in [1.82, 2.24) is 5.32 Å². The number of ether oxygens (including phenoxy) is 1. The fourth-order valence-electron chi connectivity index (χ4n) is 2.19. The molecule has 0 aromatic heterocycles. The van der Waals surface area contributed by atoms with Crippen molar-refractivity contribution in [2.24, 2.45) is 5.41 Å². The molecule has 2 rings (SSSR count). The highest BCUT2D eigenvalue weighted by atomic mass is 35.5. The van der Waals surface area contributed by atoms with E-state index in [1.165, 1.54) is 0 Å². The third kappa shape index (κ3) is 3.67. The highest BCUT2D eigenvalue weighted by molar-refractivity contribution is 6.53. The van der Waals surface area contributed by atoms with Gasteiger partial charge in [0.05, 0.1) is 17.6 Å². The second-order valence-corrected chi connectivity index (χ2v) is 7.66. The molecule has 122 valence electrons. The van der Waals surface area contributed by atoms with Crippen molar-refractivity contribution >= 4 is 29.1 Å². The van der Waals surface area contributed by atoms with Gasteiger partial charge in [-0.05, 0) is 44.9 Å². The summed E-state index contributed by atoms with van der Waals surface area (Å²) >= 11 is 11.9. The first-order chi connectivity index (χ1) is 10.2. The van der Waals surface area contributed by atoms with Gasteiger partial charge in [0.25, 0.3) is 0 Å². The summed E-state index contributed by atoms with van der Waals surface area (Å²) in [6, 6.07) is 7.15. The molecule has 0 unspecified atom stereocenters. The average Bonchev–Trinajstić information content (AvgIpc) is 2.96. The summed E-state index contributed by atoms with van der Waals surface area (Å²) in [4.78, 5) is 12.0. The molecular weight excluding hydrogens is 325 g/mol. The molecule has 1 aliphatic carbocycles. The number of carbonyl (C=O) groups is 1. The van der Waals surface area contributed by atoms with Crippen molar-refractivity contribution in [3.63, 3.8) is 0 Å². The Labute approximate surface area is 140 Å². The first-order valence-corrected chi connectivity index (χ1v) is 8.02. The van der Waals surface area contributed by atoms with E-state index in [1.807, 2.05) is 13.8 Å². The van der Waals surface area contributed by atoms with Crippen LogP contribution in [0, 0.1) is 5.41 Å². The van der Waals surface area contributed by atoms with Gasteiger partial charge in [-0.15, -0.1) is 23.2 Å². The Hall–Kier alpha value is -0.970. The molecule has 22 heavy (non-hydrogen) atoms. The predicted molar refractivity (Wildman–Crippen MR) is 87.3 cm³/mol. The SMILES string of the molecule is CC(C)Oc1ccc([C@H](O)CNC(=O)[C@@]2(C)CC2(Cl)Cl)cc1. The van der Waals surface area contributed by atoms with E-state index in [2.05, 4.69) is 5.32 Å². The molecule has 4 nitrogen and oxygen atoms in total. The normalized spacial score (nSPS) is 24.0. The topological polar surface area (TPSA) is 58.6 Å². The van der Waals surface area contributed by atoms with Crippen LogP contribution in [-0.4, -0.2) is 28.0 Å². The molecule has 0 spiro atoms. The average molecular weight is 346 g/mol. The number of aliphatic hydroxyl groups excluding tert-OH is 1. The van der Waals surface area contributed by atoms with Crippen LogP contribution in [0.5, 0.6) is 5.75 Å². The number of halogens is 2. The second kappa shape index (κ2) is 6.26. The standard InChI is InChI=1S/C16H21Cl2NO3/c1-10(2)22-12-6-4-11(5-7-12)13(20)8-19-14(21)15(3)9-16(15,17)18/h4-7,10,13,20H,8-9H2,1-3H3,(H,19,21)/t13-,15-/m1/s1. The summed E-state index contributed by atoms with van der Waals surface area (Å²) in [5.74, 6) is 0.505. The van der Waals surface area contributed by atoms with Crippen LogP contribution in [0.15, 0.2) is 24.3 Å². The molecule has 1 aliphatic rings. The Balaban J connectivity index is 1.87. The summed E-state index contributed by atoms with van der Waals surface area (Å²) < 4.78 is 4.54. The van der Waals surface area contributed by atoms with E-state index < -0.39 is 15.9 Å². The molecule has 0 heterocycles. The van der Waals surface area contributed by atoms with Crippen LogP contribution in [0.3, 0.4) is 0 Å². The van der Waals surface area contributed by atoms with Gasteiger partial charge in [-0.3, -0.25) is 4.79 Å². The maximum Gasteiger partial charge on any atom is 0.229 e. The van der Waals surface area contributed by atoms with Crippen molar-refractivity contribution in [3.8, 4) is 5.75 Å². The number of amides is 1. The smallest absolute Gasteiger partial charge is 0.229 e. The molecule has 0 aliphatic heterocycles. The predicted octanol–water partition coefficient (Wildman–Crippen LogP) is 3.21. The molecule has 0 radical (unpaired) electrons. The lowest BCUT2D eigenvalue weighted by molar-refractivity contribution is -0.126. The van der Waals surface area contributed by atoms with E-state index in [0.717, 1.165) is 5.75 Å². The van der Waals surface area contributed by atoms with Gasteiger partial charge in [-0.25, -0.2) is 0 Å². The Morgan fingerprint density at radius 2 is 1.91 bits per heavy atom. The number of aliphatic hydroxyl groups is 1. The van der Waals surface area contributed by atoms with Gasteiger partial charge in [-0.1, -0.05) is 12.1 Å². The van der Waals surface area contributed by atoms with E-state index in [0.29, 0.717) is 12.0 Å². The monoisotopic (exact) mass is 345 g/mol. The molecule has 0 saturated heterocycles. The van der Waals surface area contributed by atoms with Gasteiger partial charge in [0.15, 0.2) is 0 Å². The molecular formula is C16H21Cl2NO3. The van der Waals surface area contributed by atoms with Gasteiger partial charge >= 0.3 is 0 Å². The molecule has 1 saturated carbocycles. The molecule has 1 aromatic carbocycles. The largest absolute Gasteiger partial charge is 0.491 e. The number of rotatable bonds is 6. The van der Waals surface area contributed by atoms with Crippen molar-refractivity contribution < 1.29 is 14.6 Å². The molecule has 6 heteroatoms. The lowest BCUT2D eigenvalue weighted by Gasteiger charge is -2.16. The van der Waals surface area contributed by atoms with Crippen LogP contribution >= 0.6 is 23.2 Å². The summed E-state index contributed by atoms with van der Waals surface area (Å²) in [5.41, 5.74) is -0.0644. The third-order valence-corrected chi connectivity index (χ3v) is 4.95. The minimum atomic E-state index is -1.00. The maximum absolute atomic E-state index is 12.0. The van der Waals surface area contributed by atoms with Gasteiger partial charge in [-0.2, -0.15) is 0 Å². The Morgan fingerprint density at radius 1 is 1.36 bits per heavy atom. The summed E-state index contributed by atoms with van der Waals surface area (Å²) in [6.45, 7) is 5.73. The highest BCUT2D eigenvalue weighted by Crippen LogP contribution is 2.63. The van der Waals surface area contributed by atoms with E-state index in [4.69, 9.17) is 27.9 Å². The number of alkyl halides is 2. The van der Waals surface area contributed by atoms with Gasteiger partial charge in [0.2, 0.25) is 5.91 Å². The molecule has 1 amide bonds. The summed E-state index contributed by atoms with van der Waals surface area (Å²) in [7, 11) is 0. The second-order valence-electron chi connectivity index (χ2n) is 6.17. The number of carbonyl (C=O) groups excluding carboxylic acids is 1. The number of nitrogens with one attached hydrogen (secondary N) is 1. The molecule has 0 bridgehead atoms. The molecule has 1 aromatic rings. The molecule has 2 atom stereocenters. The van der Waals surface area contributed by atoms with Crippen LogP contribution in [0.25, 0.3) is 0 Å². The lowest BCUT2D eigenvalue weighted by atomic mass is 10.1. The molecule has 1 fully saturated rings. The van der Waals surface area contributed by atoms with Crippen molar-refractivity contribution in [2.45, 2.75) is 43.7 Å². The Morgan fingerprint density at radius 3 is 2.36 bits per heavy atom. The van der Waals surface area contributed by atoms with Crippen LogP contribution < -0.4 is 10.1 Å². The highest BCUT2D eigenvalue weighted by Gasteiger charge is 2.67. The zero-order chi connectivity index (χ0) is 16.5. The fraction of sp³-hybridized carbons (Fsp3) is 0.562. The Kier molecular flexibility index (Phi) is 4.95. The van der Waals surface area contributed by atoms with E-state index >= 15 is 0 Å². The zero-order valence-electron chi connectivity index (χ0n) is 12.9. The van der Waals surface area contributed by atoms with E-state index in [1.54, 1.807) is 31.2 Å². The van der Waals surface area contributed by atoms with E-state index in [9.17, 15) is 9.90 Å². The van der Waals surface area contributed by atoms with Crippen molar-refractivity contribution in [1.29, 1.82) is 0 Å². The maximum atomic E-state index is 12.0. The third-order valence-electron chi connectivity index (χ3n) is 3.85. The fourth-order valence-corrected chi connectivity index (χ4v) is 2.90. The van der Waals surface area contributed by atoms with Gasteiger partial charge in [0.1, 0.15) is 10.1 Å². The van der Waals surface area contributed by atoms with Gasteiger partial charge in [0, 0.05) is 6.54 Å². The lowest BCUT2D eigenvalue weighted by Crippen LogP contribution is -2.36. The number of hydrogen-bond acceptors (Lipinski definition) is 3. The van der Waals surface area contributed by atoms with Crippen LogP contribution in [0.1, 0.15) is 38.9 Å². The van der Waals surface area contributed by atoms with Crippen LogP contribution in [0.2, 0.25) is 0 Å². The first-order valence-electron chi connectivity index (χ1n) is 7.26. The van der Waals surface area contributed by atoms with Crippen LogP contribution in [-0.2, 0) is 4.79 Å². The minimum absolute atomic E-state index is 0.0979. The van der Waals surface area contributed by atoms with Crippen molar-refractivity contribution in [3.05, 3.63) is 29.8 Å². The minimum Gasteiger partial charge on any atom is -0.491 e. The quantitative estimate of drug-likeness (QED) is 0.778. The van der Waals surface area contributed by atoms with Crippen molar-refractivity contribution in [2.75, 3.05) is 6.54 Å². The van der Waals surface area contributed by atoms with Crippen LogP contribution in [0.4, 0.5) is 0 Å². The van der Waals surface area contributed by atoms with Gasteiger partial charge < -0.3 is 15.2 Å². The number of benzene rings is 1. The summed E-state index contributed by atoms with van der Waals surface area (Å²) in [6.07, 6.45) is -0.271. The zero-order valence-corrected chi connectivity index (χ0v) is 14.4. The summed E-state index contributed by atoms with van der Waals surface area (Å²) in [5, 5.41) is 12.8. The number of hydrogen-bond donors (Lipinski definition) is 2. The molecule has 2 N–H and O–H groups in total. The first kappa shape index (κ1) is 17.4. The van der Waals surface area contributed by atoms with E-state index in [-0.39, 0.29) is 18.6 Å². The Bertz CT molecular complexity index is 545.